The highest BCUT2D eigenvalue weighted by atomic mass is 17.0. The van der Waals surface area contributed by atoms with Crippen LogP contribution in [-0.4, -0.2) is 10.2 Å². The first-order valence-electron chi connectivity index (χ1n) is 3.77. The Labute approximate surface area is 74.7 Å². The molecule has 0 aromatic heterocycles. The van der Waals surface area contributed by atoms with Crippen LogP contribution in [-0.2, 0) is 6.42 Å². The Hall–Kier alpha value is -1.78. The lowest BCUT2D eigenvalue weighted by Gasteiger charge is -2.03. The maximum Gasteiger partial charge on any atom is 0.299 e. The van der Waals surface area contributed by atoms with Crippen molar-refractivity contribution in [1.29, 1.82) is 0 Å². The van der Waals surface area contributed by atoms with Gasteiger partial charge in [-0.05, 0) is 30.2 Å². The molecule has 0 heterocycles. The monoisotopic (exact) mass is 183 g/mol. The lowest BCUT2D eigenvalue weighted by Crippen LogP contribution is -2.03. The maximum atomic E-state index is 9.97. The number of rotatable bonds is 3. The number of phenolic OH excluding ortho intramolecular Hbond substituents is 1. The standard InChI is InChI=1S/C8H9NO4/c1-2-6-5-7(13-9(11)12)3-4-8(6)10/h3-5,10H,2H2,1H3. The van der Waals surface area contributed by atoms with Crippen molar-refractivity contribution in [2.75, 3.05) is 0 Å². The number of phenols is 1. The minimum atomic E-state index is -0.883. The predicted molar refractivity (Wildman–Crippen MR) is 45.1 cm³/mol. The van der Waals surface area contributed by atoms with Gasteiger partial charge in [-0.3, -0.25) is 4.84 Å². The lowest BCUT2D eigenvalue weighted by molar-refractivity contribution is -0.711. The van der Waals surface area contributed by atoms with Crippen molar-refractivity contribution in [3.8, 4) is 11.5 Å². The lowest BCUT2D eigenvalue weighted by atomic mass is 10.1. The molecule has 0 bridgehead atoms. The van der Waals surface area contributed by atoms with E-state index in [4.69, 9.17) is 0 Å². The van der Waals surface area contributed by atoms with Crippen LogP contribution in [0.1, 0.15) is 12.5 Å². The summed E-state index contributed by atoms with van der Waals surface area (Å²) in [5.41, 5.74) is 0.624. The Bertz CT molecular complexity index is 324. The molecule has 0 radical (unpaired) electrons. The van der Waals surface area contributed by atoms with Crippen molar-refractivity contribution in [1.82, 2.24) is 0 Å². The van der Waals surface area contributed by atoms with Crippen molar-refractivity contribution < 1.29 is 15.0 Å². The van der Waals surface area contributed by atoms with Crippen LogP contribution >= 0.6 is 0 Å². The number of aromatic hydroxyl groups is 1. The molecule has 0 unspecified atom stereocenters. The average molecular weight is 183 g/mol. The fraction of sp³-hybridized carbons (Fsp3) is 0.250. The molecule has 1 N–H and O–H groups in total. The van der Waals surface area contributed by atoms with Gasteiger partial charge in [0.15, 0.2) is 0 Å². The Balaban J connectivity index is 2.92. The van der Waals surface area contributed by atoms with E-state index in [0.717, 1.165) is 0 Å². The summed E-state index contributed by atoms with van der Waals surface area (Å²) in [7, 11) is 0. The molecule has 0 saturated heterocycles. The Morgan fingerprint density at radius 3 is 2.85 bits per heavy atom. The van der Waals surface area contributed by atoms with E-state index in [2.05, 4.69) is 4.84 Å². The second-order valence-corrected chi connectivity index (χ2v) is 2.46. The van der Waals surface area contributed by atoms with Crippen molar-refractivity contribution in [2.24, 2.45) is 0 Å². The van der Waals surface area contributed by atoms with Gasteiger partial charge in [-0.15, -0.1) is 10.1 Å². The maximum absolute atomic E-state index is 9.97. The Morgan fingerprint density at radius 2 is 2.31 bits per heavy atom. The van der Waals surface area contributed by atoms with Gasteiger partial charge in [-0.1, -0.05) is 6.92 Å². The van der Waals surface area contributed by atoms with E-state index >= 15 is 0 Å². The van der Waals surface area contributed by atoms with E-state index < -0.39 is 5.09 Å². The van der Waals surface area contributed by atoms with Crippen LogP contribution < -0.4 is 4.84 Å². The molecule has 0 amide bonds. The Morgan fingerprint density at radius 1 is 1.62 bits per heavy atom. The van der Waals surface area contributed by atoms with Crippen molar-refractivity contribution in [3.63, 3.8) is 0 Å². The van der Waals surface area contributed by atoms with E-state index in [9.17, 15) is 15.2 Å². The summed E-state index contributed by atoms with van der Waals surface area (Å²) in [5.74, 6) is 0.248. The zero-order valence-corrected chi connectivity index (χ0v) is 7.06. The molecule has 1 aromatic rings. The molecule has 5 heteroatoms. The summed E-state index contributed by atoms with van der Waals surface area (Å²) >= 11 is 0. The third-order valence-electron chi connectivity index (χ3n) is 1.61. The van der Waals surface area contributed by atoms with Crippen LogP contribution in [0.2, 0.25) is 0 Å². The summed E-state index contributed by atoms with van der Waals surface area (Å²) in [6.07, 6.45) is 0.598. The summed E-state index contributed by atoms with van der Waals surface area (Å²) in [4.78, 5) is 14.2. The summed E-state index contributed by atoms with van der Waals surface area (Å²) < 4.78 is 0. The molecule has 0 aliphatic carbocycles. The van der Waals surface area contributed by atoms with Crippen molar-refractivity contribution in [3.05, 3.63) is 33.9 Å². The normalized spacial score (nSPS) is 9.62. The van der Waals surface area contributed by atoms with Gasteiger partial charge >= 0.3 is 0 Å². The smallest absolute Gasteiger partial charge is 0.299 e. The highest BCUT2D eigenvalue weighted by Crippen LogP contribution is 2.23. The zero-order chi connectivity index (χ0) is 9.84. The fourth-order valence-corrected chi connectivity index (χ4v) is 0.988. The van der Waals surface area contributed by atoms with Gasteiger partial charge < -0.3 is 5.11 Å². The predicted octanol–water partition coefficient (Wildman–Crippen LogP) is 1.53. The zero-order valence-electron chi connectivity index (χ0n) is 7.06. The summed E-state index contributed by atoms with van der Waals surface area (Å²) in [6.45, 7) is 1.84. The van der Waals surface area contributed by atoms with Gasteiger partial charge in [0.2, 0.25) is 0 Å². The van der Waals surface area contributed by atoms with Gasteiger partial charge in [0.1, 0.15) is 11.5 Å². The van der Waals surface area contributed by atoms with Gasteiger partial charge in [-0.2, -0.15) is 0 Å². The SMILES string of the molecule is CCc1cc(O[N+](=O)[O-])ccc1O. The molecular weight excluding hydrogens is 174 g/mol. The van der Waals surface area contributed by atoms with Crippen LogP contribution in [0.3, 0.4) is 0 Å². The average Bonchev–Trinajstić information content (AvgIpc) is 2.07. The number of aryl methyl sites for hydroxylation is 1. The molecule has 1 rings (SSSR count). The Kier molecular flexibility index (Phi) is 2.69. The molecule has 70 valence electrons. The topological polar surface area (TPSA) is 72.6 Å². The summed E-state index contributed by atoms with van der Waals surface area (Å²) in [5, 5.41) is 18.3. The first-order valence-corrected chi connectivity index (χ1v) is 3.77. The van der Waals surface area contributed by atoms with Crippen molar-refractivity contribution in [2.45, 2.75) is 13.3 Å². The second-order valence-electron chi connectivity index (χ2n) is 2.46. The van der Waals surface area contributed by atoms with Crippen LogP contribution in [0.25, 0.3) is 0 Å². The molecular formula is C8H9NO4. The minimum absolute atomic E-state index is 0.123. The second kappa shape index (κ2) is 3.75. The van der Waals surface area contributed by atoms with E-state index in [1.807, 2.05) is 6.92 Å². The molecule has 0 saturated carbocycles. The summed E-state index contributed by atoms with van der Waals surface area (Å²) in [6, 6.07) is 4.16. The highest BCUT2D eigenvalue weighted by Gasteiger charge is 2.03. The number of hydrogen-bond donors (Lipinski definition) is 1. The van der Waals surface area contributed by atoms with Gasteiger partial charge in [0, 0.05) is 0 Å². The number of benzene rings is 1. The number of hydrogen-bond acceptors (Lipinski definition) is 4. The van der Waals surface area contributed by atoms with Gasteiger partial charge in [-0.25, -0.2) is 0 Å². The third kappa shape index (κ3) is 2.33. The van der Waals surface area contributed by atoms with Crippen LogP contribution in [0.4, 0.5) is 0 Å². The molecule has 0 atom stereocenters. The van der Waals surface area contributed by atoms with Crippen LogP contribution in [0, 0.1) is 10.1 Å². The largest absolute Gasteiger partial charge is 0.508 e. The van der Waals surface area contributed by atoms with E-state index in [-0.39, 0.29) is 11.5 Å². The fourth-order valence-electron chi connectivity index (χ4n) is 0.988. The molecule has 1 aromatic carbocycles. The minimum Gasteiger partial charge on any atom is -0.508 e. The molecule has 0 spiro atoms. The molecule has 5 nitrogen and oxygen atoms in total. The molecule has 0 fully saturated rings. The van der Waals surface area contributed by atoms with Crippen molar-refractivity contribution >= 4 is 0 Å². The van der Waals surface area contributed by atoms with E-state index in [1.54, 1.807) is 0 Å². The number of nitrogens with zero attached hydrogens (tertiary/aromatic N) is 1. The third-order valence-corrected chi connectivity index (χ3v) is 1.61. The van der Waals surface area contributed by atoms with Crippen LogP contribution in [0.15, 0.2) is 18.2 Å². The molecule has 0 aliphatic heterocycles. The highest BCUT2D eigenvalue weighted by molar-refractivity contribution is 5.38. The van der Waals surface area contributed by atoms with Crippen LogP contribution in [0.5, 0.6) is 11.5 Å². The first-order chi connectivity index (χ1) is 6.13. The molecule has 13 heavy (non-hydrogen) atoms. The first kappa shape index (κ1) is 9.31. The van der Waals surface area contributed by atoms with Gasteiger partial charge in [0.05, 0.1) is 0 Å². The quantitative estimate of drug-likeness (QED) is 0.569. The van der Waals surface area contributed by atoms with Gasteiger partial charge in [0.25, 0.3) is 5.09 Å². The van der Waals surface area contributed by atoms with E-state index in [0.29, 0.717) is 12.0 Å². The van der Waals surface area contributed by atoms with E-state index in [1.165, 1.54) is 18.2 Å². The molecule has 0 aliphatic rings.